The lowest BCUT2D eigenvalue weighted by Crippen LogP contribution is -2.17. The number of rotatable bonds is 4. The normalized spacial score (nSPS) is 10.9. The Bertz CT molecular complexity index is 885. The molecule has 0 unspecified atom stereocenters. The number of phenols is 1. The summed E-state index contributed by atoms with van der Waals surface area (Å²) in [5.41, 5.74) is 3.56. The smallest absolute Gasteiger partial charge is 0.271 e. The molecule has 1 aromatic heterocycles. The predicted octanol–water partition coefficient (Wildman–Crippen LogP) is 4.07. The number of nitrogens with zero attached hydrogens (tertiary/aromatic N) is 1. The Kier molecular flexibility index (Phi) is 4.63. The van der Waals surface area contributed by atoms with E-state index in [0.29, 0.717) is 22.1 Å². The summed E-state index contributed by atoms with van der Waals surface area (Å²) in [5.74, 6) is 0.810. The first-order valence-electron chi connectivity index (χ1n) is 7.10. The van der Waals surface area contributed by atoms with Crippen molar-refractivity contribution in [3.63, 3.8) is 0 Å². The van der Waals surface area contributed by atoms with Crippen molar-refractivity contribution in [2.45, 2.75) is 0 Å². The van der Waals surface area contributed by atoms with Crippen LogP contribution < -0.4 is 5.43 Å². The highest BCUT2D eigenvalue weighted by Gasteiger charge is 2.07. The lowest BCUT2D eigenvalue weighted by atomic mass is 10.2. The molecule has 120 valence electrons. The maximum absolute atomic E-state index is 11.9. The van der Waals surface area contributed by atoms with Gasteiger partial charge in [0.1, 0.15) is 17.3 Å². The zero-order valence-corrected chi connectivity index (χ0v) is 13.2. The number of hydrazone groups is 1. The summed E-state index contributed by atoms with van der Waals surface area (Å²) in [5, 5.41) is 13.6. The number of carbonyl (C=O) groups is 1. The molecule has 0 atom stereocenters. The minimum absolute atomic E-state index is 0.0951. The molecule has 0 spiro atoms. The van der Waals surface area contributed by atoms with E-state index in [1.54, 1.807) is 18.2 Å². The highest BCUT2D eigenvalue weighted by Crippen LogP contribution is 2.28. The average Bonchev–Trinajstić information content (AvgIpc) is 3.04. The van der Waals surface area contributed by atoms with E-state index in [1.165, 1.54) is 30.5 Å². The molecule has 0 aliphatic rings. The van der Waals surface area contributed by atoms with Crippen LogP contribution in [-0.4, -0.2) is 17.2 Å². The monoisotopic (exact) mass is 340 g/mol. The average molecular weight is 341 g/mol. The van der Waals surface area contributed by atoms with Crippen LogP contribution in [0.15, 0.2) is 70.2 Å². The highest BCUT2D eigenvalue weighted by atomic mass is 35.5. The second-order valence-electron chi connectivity index (χ2n) is 4.93. The van der Waals surface area contributed by atoms with E-state index in [2.05, 4.69) is 10.5 Å². The second kappa shape index (κ2) is 7.02. The molecule has 0 fully saturated rings. The Morgan fingerprint density at radius 2 is 1.83 bits per heavy atom. The number of halogens is 1. The number of furan rings is 1. The molecule has 0 bridgehead atoms. The molecule has 1 heterocycles. The second-order valence-corrected chi connectivity index (χ2v) is 5.34. The van der Waals surface area contributed by atoms with Crippen LogP contribution in [0.25, 0.3) is 11.3 Å². The van der Waals surface area contributed by atoms with Gasteiger partial charge in [-0.15, -0.1) is 0 Å². The number of phenolic OH excluding ortho intramolecular Hbond substituents is 1. The fourth-order valence-corrected chi connectivity index (χ4v) is 2.29. The molecule has 0 aliphatic carbocycles. The largest absolute Gasteiger partial charge is 0.508 e. The minimum Gasteiger partial charge on any atom is -0.508 e. The van der Waals surface area contributed by atoms with Crippen molar-refractivity contribution in [1.82, 2.24) is 5.43 Å². The molecular weight excluding hydrogens is 328 g/mol. The first-order valence-corrected chi connectivity index (χ1v) is 7.48. The van der Waals surface area contributed by atoms with Crippen LogP contribution in [0, 0.1) is 0 Å². The standard InChI is InChI=1S/C18H13ClN2O3/c19-16-4-2-1-3-15(16)17-10-9-14(24-17)11-20-21-18(23)12-5-7-13(22)8-6-12/h1-11,22H,(H,21,23). The Hall–Kier alpha value is -3.05. The molecule has 0 radical (unpaired) electrons. The molecule has 2 N–H and O–H groups in total. The Morgan fingerprint density at radius 3 is 2.58 bits per heavy atom. The minimum atomic E-state index is -0.385. The van der Waals surface area contributed by atoms with Crippen LogP contribution >= 0.6 is 11.6 Å². The molecule has 0 saturated heterocycles. The van der Waals surface area contributed by atoms with Gasteiger partial charge in [0, 0.05) is 11.1 Å². The fraction of sp³-hybridized carbons (Fsp3) is 0. The van der Waals surface area contributed by atoms with E-state index in [9.17, 15) is 9.90 Å². The molecular formula is C18H13ClN2O3. The number of hydrogen-bond donors (Lipinski definition) is 2. The third-order valence-electron chi connectivity index (χ3n) is 3.25. The zero-order valence-electron chi connectivity index (χ0n) is 12.4. The van der Waals surface area contributed by atoms with Crippen molar-refractivity contribution >= 4 is 23.7 Å². The molecule has 0 aliphatic heterocycles. The molecule has 0 saturated carbocycles. The number of benzene rings is 2. The van der Waals surface area contributed by atoms with E-state index in [0.717, 1.165) is 5.56 Å². The Balaban J connectivity index is 1.66. The van der Waals surface area contributed by atoms with Gasteiger partial charge >= 0.3 is 0 Å². The molecule has 3 rings (SSSR count). The summed E-state index contributed by atoms with van der Waals surface area (Å²) >= 11 is 6.12. The first kappa shape index (κ1) is 15.8. The molecule has 24 heavy (non-hydrogen) atoms. The number of amides is 1. The van der Waals surface area contributed by atoms with Crippen LogP contribution in [0.3, 0.4) is 0 Å². The van der Waals surface area contributed by atoms with Crippen LogP contribution in [0.1, 0.15) is 16.1 Å². The fourth-order valence-electron chi connectivity index (χ4n) is 2.06. The summed E-state index contributed by atoms with van der Waals surface area (Å²) in [7, 11) is 0. The zero-order chi connectivity index (χ0) is 16.9. The summed E-state index contributed by atoms with van der Waals surface area (Å²) in [6.07, 6.45) is 1.40. The van der Waals surface area contributed by atoms with Crippen molar-refractivity contribution in [3.8, 4) is 17.1 Å². The van der Waals surface area contributed by atoms with Crippen molar-refractivity contribution in [1.29, 1.82) is 0 Å². The Labute approximate surface area is 143 Å². The molecule has 3 aromatic rings. The highest BCUT2D eigenvalue weighted by molar-refractivity contribution is 6.33. The maximum Gasteiger partial charge on any atom is 0.271 e. The van der Waals surface area contributed by atoms with Crippen molar-refractivity contribution in [2.24, 2.45) is 5.10 Å². The van der Waals surface area contributed by atoms with Gasteiger partial charge in [0.25, 0.3) is 5.91 Å². The molecule has 5 nitrogen and oxygen atoms in total. The number of carbonyl (C=O) groups excluding carboxylic acids is 1. The van der Waals surface area contributed by atoms with Gasteiger partial charge in [-0.2, -0.15) is 5.10 Å². The summed E-state index contributed by atoms with van der Waals surface area (Å²) in [4.78, 5) is 11.9. The van der Waals surface area contributed by atoms with Gasteiger partial charge in [0.15, 0.2) is 0 Å². The number of hydrogen-bond acceptors (Lipinski definition) is 4. The van der Waals surface area contributed by atoms with Gasteiger partial charge in [0.2, 0.25) is 0 Å². The Morgan fingerprint density at radius 1 is 1.08 bits per heavy atom. The van der Waals surface area contributed by atoms with Crippen molar-refractivity contribution in [2.75, 3.05) is 0 Å². The maximum atomic E-state index is 11.9. The lowest BCUT2D eigenvalue weighted by Gasteiger charge is -2.00. The van der Waals surface area contributed by atoms with E-state index >= 15 is 0 Å². The number of nitrogens with one attached hydrogen (secondary N) is 1. The van der Waals surface area contributed by atoms with Crippen molar-refractivity contribution < 1.29 is 14.3 Å². The summed E-state index contributed by atoms with van der Waals surface area (Å²) in [6.45, 7) is 0. The van der Waals surface area contributed by atoms with Crippen molar-refractivity contribution in [3.05, 3.63) is 77.0 Å². The predicted molar refractivity (Wildman–Crippen MR) is 92.3 cm³/mol. The van der Waals surface area contributed by atoms with E-state index < -0.39 is 0 Å². The van der Waals surface area contributed by atoms with Crippen LogP contribution in [0.2, 0.25) is 5.02 Å². The number of aromatic hydroxyl groups is 1. The quantitative estimate of drug-likeness (QED) is 0.555. The molecule has 2 aromatic carbocycles. The van der Waals surface area contributed by atoms with Crippen LogP contribution in [0.5, 0.6) is 5.75 Å². The molecule has 6 heteroatoms. The summed E-state index contributed by atoms with van der Waals surface area (Å²) < 4.78 is 5.64. The van der Waals surface area contributed by atoms with Crippen LogP contribution in [-0.2, 0) is 0 Å². The van der Waals surface area contributed by atoms with Gasteiger partial charge in [-0.1, -0.05) is 23.7 Å². The van der Waals surface area contributed by atoms with E-state index in [4.69, 9.17) is 16.0 Å². The lowest BCUT2D eigenvalue weighted by molar-refractivity contribution is 0.0955. The van der Waals surface area contributed by atoms with Gasteiger partial charge in [0.05, 0.1) is 11.2 Å². The molecule has 1 amide bonds. The SMILES string of the molecule is O=C(NN=Cc1ccc(-c2ccccc2Cl)o1)c1ccc(O)cc1. The van der Waals surface area contributed by atoms with Gasteiger partial charge in [-0.25, -0.2) is 5.43 Å². The van der Waals surface area contributed by atoms with Gasteiger partial charge < -0.3 is 9.52 Å². The topological polar surface area (TPSA) is 74.8 Å². The van der Waals surface area contributed by atoms with E-state index in [1.807, 2.05) is 18.2 Å². The first-order chi connectivity index (χ1) is 11.6. The summed E-state index contributed by atoms with van der Waals surface area (Å²) in [6, 6.07) is 16.7. The third-order valence-corrected chi connectivity index (χ3v) is 3.58. The van der Waals surface area contributed by atoms with Gasteiger partial charge in [-0.05, 0) is 48.5 Å². The van der Waals surface area contributed by atoms with E-state index in [-0.39, 0.29) is 11.7 Å². The van der Waals surface area contributed by atoms with Gasteiger partial charge in [-0.3, -0.25) is 4.79 Å². The van der Waals surface area contributed by atoms with Crippen LogP contribution in [0.4, 0.5) is 0 Å². The third kappa shape index (κ3) is 3.64.